The molecule has 2 aromatic rings. The van der Waals surface area contributed by atoms with Crippen LogP contribution in [0, 0.1) is 11.6 Å². The number of thioether (sulfide) groups is 2. The lowest BCUT2D eigenvalue weighted by atomic mass is 10.3. The van der Waals surface area contributed by atoms with Crippen molar-refractivity contribution in [1.82, 2.24) is 10.2 Å². The molecule has 0 fully saturated rings. The van der Waals surface area contributed by atoms with E-state index in [2.05, 4.69) is 15.5 Å². The first-order valence-electron chi connectivity index (χ1n) is 5.79. The largest absolute Gasteiger partial charge is 0.323 e. The molecule has 1 N–H and O–H groups in total. The predicted molar refractivity (Wildman–Crippen MR) is 82.0 cm³/mol. The number of rotatable bonds is 5. The summed E-state index contributed by atoms with van der Waals surface area (Å²) >= 11 is 4.07. The highest BCUT2D eigenvalue weighted by atomic mass is 32.2. The molecule has 0 saturated heterocycles. The maximum atomic E-state index is 13.5. The van der Waals surface area contributed by atoms with Gasteiger partial charge in [-0.15, -0.1) is 10.2 Å². The quantitative estimate of drug-likeness (QED) is 0.837. The number of hydrogen-bond acceptors (Lipinski definition) is 6. The van der Waals surface area contributed by atoms with Gasteiger partial charge in [0.2, 0.25) is 5.91 Å². The number of aromatic nitrogens is 2. The van der Waals surface area contributed by atoms with Gasteiger partial charge in [0.25, 0.3) is 0 Å². The summed E-state index contributed by atoms with van der Waals surface area (Å²) in [5.74, 6) is -1.71. The molecular weight excluding hydrogens is 336 g/mol. The molecule has 1 aromatic heterocycles. The van der Waals surface area contributed by atoms with E-state index in [1.54, 1.807) is 6.92 Å². The zero-order valence-electron chi connectivity index (χ0n) is 11.1. The van der Waals surface area contributed by atoms with Crippen molar-refractivity contribution >= 4 is 46.5 Å². The first kappa shape index (κ1) is 16.2. The molecule has 1 atom stereocenters. The van der Waals surface area contributed by atoms with Crippen molar-refractivity contribution in [3.8, 4) is 0 Å². The van der Waals surface area contributed by atoms with E-state index in [4.69, 9.17) is 0 Å². The molecule has 21 heavy (non-hydrogen) atoms. The summed E-state index contributed by atoms with van der Waals surface area (Å²) in [4.78, 5) is 12.0. The van der Waals surface area contributed by atoms with E-state index in [0.29, 0.717) is 4.34 Å². The Morgan fingerprint density at radius 3 is 2.71 bits per heavy atom. The van der Waals surface area contributed by atoms with E-state index in [9.17, 15) is 13.6 Å². The molecule has 0 bridgehead atoms. The molecule has 1 amide bonds. The van der Waals surface area contributed by atoms with Crippen LogP contribution >= 0.6 is 34.9 Å². The number of nitrogens with zero attached hydrogens (tertiary/aromatic N) is 2. The molecule has 4 nitrogen and oxygen atoms in total. The molecule has 0 aliphatic carbocycles. The molecule has 9 heteroatoms. The molecule has 0 aliphatic heterocycles. The van der Waals surface area contributed by atoms with Crippen LogP contribution in [-0.2, 0) is 4.79 Å². The van der Waals surface area contributed by atoms with E-state index < -0.39 is 22.8 Å². The number of hydrogen-bond donors (Lipinski definition) is 1. The molecule has 0 saturated carbocycles. The molecule has 0 radical (unpaired) electrons. The second-order valence-corrected chi connectivity index (χ2v) is 7.53. The van der Waals surface area contributed by atoms with Gasteiger partial charge in [0.05, 0.1) is 10.9 Å². The Hall–Kier alpha value is -1.19. The van der Waals surface area contributed by atoms with Gasteiger partial charge >= 0.3 is 0 Å². The molecule has 2 rings (SSSR count). The molecule has 0 aliphatic rings. The second-order valence-electron chi connectivity index (χ2n) is 3.91. The van der Waals surface area contributed by atoms with Gasteiger partial charge in [-0.2, -0.15) is 0 Å². The average molecular weight is 347 g/mol. The van der Waals surface area contributed by atoms with Crippen molar-refractivity contribution in [2.75, 3.05) is 11.6 Å². The SMILES string of the molecule is CSc1nnc(S[C@@H](C)C(=O)Nc2cc(F)ccc2F)s1. The van der Waals surface area contributed by atoms with Crippen LogP contribution < -0.4 is 5.32 Å². The topological polar surface area (TPSA) is 54.9 Å². The highest BCUT2D eigenvalue weighted by molar-refractivity contribution is 8.03. The van der Waals surface area contributed by atoms with Crippen LogP contribution in [0.25, 0.3) is 0 Å². The zero-order chi connectivity index (χ0) is 15.4. The summed E-state index contributed by atoms with van der Waals surface area (Å²) in [6.45, 7) is 1.66. The van der Waals surface area contributed by atoms with Gasteiger partial charge in [0.15, 0.2) is 8.68 Å². The van der Waals surface area contributed by atoms with Gasteiger partial charge in [0, 0.05) is 6.07 Å². The van der Waals surface area contributed by atoms with Crippen molar-refractivity contribution in [1.29, 1.82) is 0 Å². The minimum atomic E-state index is -0.678. The van der Waals surface area contributed by atoms with Crippen molar-refractivity contribution in [2.45, 2.75) is 20.9 Å². The molecule has 1 heterocycles. The summed E-state index contributed by atoms with van der Waals surface area (Å²) in [6.07, 6.45) is 1.89. The Labute approximate surface area is 132 Å². The van der Waals surface area contributed by atoms with Crippen LogP contribution in [0.2, 0.25) is 0 Å². The van der Waals surface area contributed by atoms with E-state index >= 15 is 0 Å². The van der Waals surface area contributed by atoms with Crippen molar-refractivity contribution < 1.29 is 13.6 Å². The van der Waals surface area contributed by atoms with Crippen LogP contribution in [0.4, 0.5) is 14.5 Å². The highest BCUT2D eigenvalue weighted by Crippen LogP contribution is 2.30. The van der Waals surface area contributed by atoms with Gasteiger partial charge in [-0.25, -0.2) is 8.78 Å². The molecule has 0 spiro atoms. The van der Waals surface area contributed by atoms with E-state index in [-0.39, 0.29) is 5.69 Å². The summed E-state index contributed by atoms with van der Waals surface area (Å²) < 4.78 is 28.0. The van der Waals surface area contributed by atoms with Crippen LogP contribution in [0.15, 0.2) is 26.9 Å². The first-order valence-corrected chi connectivity index (χ1v) is 8.71. The van der Waals surface area contributed by atoms with E-state index in [0.717, 1.165) is 22.5 Å². The van der Waals surface area contributed by atoms with Gasteiger partial charge in [0.1, 0.15) is 11.6 Å². The minimum Gasteiger partial charge on any atom is -0.323 e. The number of carbonyl (C=O) groups excluding carboxylic acids is 1. The molecular formula is C12H11F2N3OS3. The van der Waals surface area contributed by atoms with Crippen LogP contribution in [0.1, 0.15) is 6.92 Å². The van der Waals surface area contributed by atoms with Crippen LogP contribution in [0.3, 0.4) is 0 Å². The summed E-state index contributed by atoms with van der Waals surface area (Å²) in [5, 5.41) is 9.73. The average Bonchev–Trinajstić information content (AvgIpc) is 2.90. The van der Waals surface area contributed by atoms with Crippen LogP contribution in [0.5, 0.6) is 0 Å². The predicted octanol–water partition coefficient (Wildman–Crippen LogP) is 3.66. The first-order chi connectivity index (χ1) is 9.99. The Morgan fingerprint density at radius 2 is 2.05 bits per heavy atom. The number of halogens is 2. The zero-order valence-corrected chi connectivity index (χ0v) is 13.5. The fraction of sp³-hybridized carbons (Fsp3) is 0.250. The fourth-order valence-corrected chi connectivity index (χ4v) is 3.94. The summed E-state index contributed by atoms with van der Waals surface area (Å²) in [6, 6.07) is 2.91. The van der Waals surface area contributed by atoms with Gasteiger partial charge < -0.3 is 5.32 Å². The maximum absolute atomic E-state index is 13.5. The Bertz CT molecular complexity index is 650. The summed E-state index contributed by atoms with van der Waals surface area (Å²) in [7, 11) is 0. The lowest BCUT2D eigenvalue weighted by molar-refractivity contribution is -0.115. The van der Waals surface area contributed by atoms with Crippen LogP contribution in [-0.4, -0.2) is 27.6 Å². The maximum Gasteiger partial charge on any atom is 0.237 e. The number of anilines is 1. The van der Waals surface area contributed by atoms with Crippen molar-refractivity contribution in [3.63, 3.8) is 0 Å². The number of benzene rings is 1. The minimum absolute atomic E-state index is 0.172. The number of nitrogens with one attached hydrogen (secondary N) is 1. The van der Waals surface area contributed by atoms with Gasteiger partial charge in [-0.05, 0) is 25.3 Å². The molecule has 1 aromatic carbocycles. The van der Waals surface area contributed by atoms with Crippen molar-refractivity contribution in [3.05, 3.63) is 29.8 Å². The Balaban J connectivity index is 2.00. The van der Waals surface area contributed by atoms with Crippen molar-refractivity contribution in [2.24, 2.45) is 0 Å². The van der Waals surface area contributed by atoms with E-state index in [1.165, 1.54) is 34.9 Å². The normalized spacial score (nSPS) is 12.2. The fourth-order valence-electron chi connectivity index (χ4n) is 1.36. The monoisotopic (exact) mass is 347 g/mol. The lowest BCUT2D eigenvalue weighted by Crippen LogP contribution is -2.23. The Morgan fingerprint density at radius 1 is 1.33 bits per heavy atom. The smallest absolute Gasteiger partial charge is 0.237 e. The second kappa shape index (κ2) is 7.19. The third-order valence-corrected chi connectivity index (χ3v) is 5.48. The standard InChI is InChI=1S/C12H11F2N3OS3/c1-6(20-12-17-16-11(19-2)21-12)10(18)15-9-5-7(13)3-4-8(9)14/h3-6H,1-2H3,(H,15,18)/t6-/m0/s1. The summed E-state index contributed by atoms with van der Waals surface area (Å²) in [5.41, 5.74) is -0.172. The highest BCUT2D eigenvalue weighted by Gasteiger charge is 2.18. The number of carbonyl (C=O) groups is 1. The van der Waals surface area contributed by atoms with Gasteiger partial charge in [-0.3, -0.25) is 4.79 Å². The lowest BCUT2D eigenvalue weighted by Gasteiger charge is -2.10. The third kappa shape index (κ3) is 4.39. The van der Waals surface area contributed by atoms with E-state index in [1.807, 2.05) is 6.26 Å². The number of amides is 1. The third-order valence-electron chi connectivity index (χ3n) is 2.40. The van der Waals surface area contributed by atoms with Gasteiger partial charge in [-0.1, -0.05) is 34.9 Å². The molecule has 0 unspecified atom stereocenters. The molecule has 112 valence electrons. The Kier molecular flexibility index (Phi) is 5.54.